The third-order valence-electron chi connectivity index (χ3n) is 2.78. The Kier molecular flexibility index (Phi) is 5.63. The van der Waals surface area contributed by atoms with Crippen LogP contribution >= 0.6 is 0 Å². The van der Waals surface area contributed by atoms with E-state index in [1.807, 2.05) is 12.1 Å². The van der Waals surface area contributed by atoms with E-state index in [1.54, 1.807) is 0 Å². The molecule has 3 nitrogen and oxygen atoms in total. The Hall–Kier alpha value is -1.06. The van der Waals surface area contributed by atoms with E-state index in [-0.39, 0.29) is 5.60 Å². The molecule has 0 aliphatic carbocycles. The van der Waals surface area contributed by atoms with Gasteiger partial charge >= 0.3 is 0 Å². The average Bonchev–Trinajstić information content (AvgIpc) is 2.29. The smallest absolute Gasteiger partial charge is 0.0600 e. The van der Waals surface area contributed by atoms with Gasteiger partial charge in [-0.3, -0.25) is 4.90 Å². The average molecular weight is 250 g/mol. The molecule has 0 fully saturated rings. The van der Waals surface area contributed by atoms with Crippen molar-refractivity contribution in [3.8, 4) is 0 Å². The largest absolute Gasteiger partial charge is 0.399 e. The minimum atomic E-state index is -0.0550. The van der Waals surface area contributed by atoms with Gasteiger partial charge in [-0.1, -0.05) is 19.1 Å². The second kappa shape index (κ2) is 6.76. The van der Waals surface area contributed by atoms with Gasteiger partial charge in [-0.05, 0) is 45.0 Å². The molecule has 0 amide bonds. The molecule has 0 radical (unpaired) electrons. The molecular weight excluding hydrogens is 224 g/mol. The maximum Gasteiger partial charge on any atom is 0.0600 e. The van der Waals surface area contributed by atoms with Crippen molar-refractivity contribution in [2.24, 2.45) is 0 Å². The lowest BCUT2D eigenvalue weighted by atomic mass is 10.2. The van der Waals surface area contributed by atoms with Crippen LogP contribution in [0.15, 0.2) is 24.3 Å². The van der Waals surface area contributed by atoms with Crippen LogP contribution in [0.5, 0.6) is 0 Å². The van der Waals surface area contributed by atoms with Crippen LogP contribution in [0.4, 0.5) is 5.69 Å². The molecule has 2 N–H and O–H groups in total. The van der Waals surface area contributed by atoms with E-state index in [9.17, 15) is 0 Å². The van der Waals surface area contributed by atoms with E-state index < -0.39 is 0 Å². The van der Waals surface area contributed by atoms with Crippen LogP contribution in [0.25, 0.3) is 0 Å². The molecule has 102 valence electrons. The number of nitrogens with two attached hydrogens (primary N) is 1. The van der Waals surface area contributed by atoms with Gasteiger partial charge in [0.05, 0.1) is 12.2 Å². The first-order chi connectivity index (χ1) is 8.40. The minimum absolute atomic E-state index is 0.0550. The fraction of sp³-hybridized carbons (Fsp3) is 0.600. The maximum absolute atomic E-state index is 5.76. The monoisotopic (exact) mass is 250 g/mol. The highest BCUT2D eigenvalue weighted by Gasteiger charge is 2.11. The van der Waals surface area contributed by atoms with Crippen LogP contribution < -0.4 is 5.73 Å². The zero-order chi connectivity index (χ0) is 13.6. The van der Waals surface area contributed by atoms with Crippen molar-refractivity contribution in [2.45, 2.75) is 39.8 Å². The van der Waals surface area contributed by atoms with Gasteiger partial charge in [-0.25, -0.2) is 0 Å². The van der Waals surface area contributed by atoms with E-state index in [0.717, 1.165) is 31.9 Å². The van der Waals surface area contributed by atoms with Crippen molar-refractivity contribution >= 4 is 5.69 Å². The molecule has 1 rings (SSSR count). The summed E-state index contributed by atoms with van der Waals surface area (Å²) in [6.45, 7) is 12.1. The molecule has 0 aliphatic rings. The quantitative estimate of drug-likeness (QED) is 0.789. The lowest BCUT2D eigenvalue weighted by Gasteiger charge is -2.24. The summed E-state index contributed by atoms with van der Waals surface area (Å²) in [5.74, 6) is 0. The van der Waals surface area contributed by atoms with E-state index in [1.165, 1.54) is 5.56 Å². The van der Waals surface area contributed by atoms with Gasteiger partial charge in [0.25, 0.3) is 0 Å². The Bertz CT molecular complexity index is 341. The topological polar surface area (TPSA) is 38.5 Å². The van der Waals surface area contributed by atoms with Gasteiger partial charge in [0, 0.05) is 18.8 Å². The summed E-state index contributed by atoms with van der Waals surface area (Å²) < 4.78 is 5.76. The Morgan fingerprint density at radius 2 is 1.78 bits per heavy atom. The Balaban J connectivity index is 2.40. The first kappa shape index (κ1) is 15.0. The molecule has 3 heteroatoms. The van der Waals surface area contributed by atoms with Gasteiger partial charge in [0.1, 0.15) is 0 Å². The zero-order valence-electron chi connectivity index (χ0n) is 12.1. The summed E-state index contributed by atoms with van der Waals surface area (Å²) >= 11 is 0. The molecule has 0 spiro atoms. The number of nitrogens with zero attached hydrogens (tertiary/aromatic N) is 1. The Labute approximate surface area is 111 Å². The molecule has 0 atom stereocenters. The SMILES string of the molecule is CCN(CCOC(C)(C)C)Cc1ccc(N)cc1. The number of rotatable bonds is 6. The third-order valence-corrected chi connectivity index (χ3v) is 2.78. The van der Waals surface area contributed by atoms with Crippen molar-refractivity contribution in [1.82, 2.24) is 4.90 Å². The summed E-state index contributed by atoms with van der Waals surface area (Å²) in [5, 5.41) is 0. The summed E-state index contributed by atoms with van der Waals surface area (Å²) in [4.78, 5) is 2.37. The lowest BCUT2D eigenvalue weighted by molar-refractivity contribution is -0.0134. The number of hydrogen-bond donors (Lipinski definition) is 1. The summed E-state index contributed by atoms with van der Waals surface area (Å²) in [6, 6.07) is 8.08. The number of nitrogen functional groups attached to an aromatic ring is 1. The van der Waals surface area contributed by atoms with Crippen LogP contribution in [0.3, 0.4) is 0 Å². The molecule has 0 bridgehead atoms. The van der Waals surface area contributed by atoms with Crippen molar-refractivity contribution < 1.29 is 4.74 Å². The first-order valence-corrected chi connectivity index (χ1v) is 6.61. The van der Waals surface area contributed by atoms with Gasteiger partial charge in [0.2, 0.25) is 0 Å². The maximum atomic E-state index is 5.76. The molecule has 0 aliphatic heterocycles. The molecule has 18 heavy (non-hydrogen) atoms. The molecule has 0 saturated carbocycles. The fourth-order valence-corrected chi connectivity index (χ4v) is 1.71. The van der Waals surface area contributed by atoms with Gasteiger partial charge in [-0.15, -0.1) is 0 Å². The van der Waals surface area contributed by atoms with Gasteiger partial charge in [0.15, 0.2) is 0 Å². The molecule has 0 saturated heterocycles. The highest BCUT2D eigenvalue weighted by atomic mass is 16.5. The standard InChI is InChI=1S/C15H26N2O/c1-5-17(10-11-18-15(2,3)4)12-13-6-8-14(16)9-7-13/h6-9H,5,10-12,16H2,1-4H3. The Morgan fingerprint density at radius 1 is 1.17 bits per heavy atom. The number of benzene rings is 1. The van der Waals surface area contributed by atoms with Gasteiger partial charge < -0.3 is 10.5 Å². The highest BCUT2D eigenvalue weighted by molar-refractivity contribution is 5.39. The number of ether oxygens (including phenoxy) is 1. The van der Waals surface area contributed by atoms with Crippen molar-refractivity contribution in [3.05, 3.63) is 29.8 Å². The van der Waals surface area contributed by atoms with Crippen molar-refractivity contribution in [3.63, 3.8) is 0 Å². The molecular formula is C15H26N2O. The minimum Gasteiger partial charge on any atom is -0.399 e. The predicted octanol–water partition coefficient (Wildman–Crippen LogP) is 2.91. The van der Waals surface area contributed by atoms with Gasteiger partial charge in [-0.2, -0.15) is 0 Å². The number of hydrogen-bond acceptors (Lipinski definition) is 3. The van der Waals surface area contributed by atoms with Crippen molar-refractivity contribution in [1.29, 1.82) is 0 Å². The van der Waals surface area contributed by atoms with Crippen LogP contribution in [-0.4, -0.2) is 30.2 Å². The molecule has 0 aromatic heterocycles. The van der Waals surface area contributed by atoms with Crippen LogP contribution in [0.1, 0.15) is 33.3 Å². The predicted molar refractivity (Wildman–Crippen MR) is 77.5 cm³/mol. The summed E-state index contributed by atoms with van der Waals surface area (Å²) in [6.07, 6.45) is 0. The summed E-state index contributed by atoms with van der Waals surface area (Å²) in [5.41, 5.74) is 7.74. The molecule has 0 unspecified atom stereocenters. The zero-order valence-corrected chi connectivity index (χ0v) is 12.1. The second-order valence-electron chi connectivity index (χ2n) is 5.57. The van der Waals surface area contributed by atoms with E-state index >= 15 is 0 Å². The number of likely N-dealkylation sites (N-methyl/N-ethyl adjacent to an activating group) is 1. The third kappa shape index (κ3) is 6.03. The Morgan fingerprint density at radius 3 is 2.28 bits per heavy atom. The van der Waals surface area contributed by atoms with E-state index in [0.29, 0.717) is 0 Å². The van der Waals surface area contributed by atoms with Crippen LogP contribution in [0, 0.1) is 0 Å². The summed E-state index contributed by atoms with van der Waals surface area (Å²) in [7, 11) is 0. The lowest BCUT2D eigenvalue weighted by Crippen LogP contribution is -2.30. The normalized spacial score (nSPS) is 12.1. The molecule has 1 aromatic rings. The van der Waals surface area contributed by atoms with E-state index in [2.05, 4.69) is 44.7 Å². The molecule has 0 heterocycles. The van der Waals surface area contributed by atoms with Crippen LogP contribution in [-0.2, 0) is 11.3 Å². The second-order valence-corrected chi connectivity index (χ2v) is 5.57. The first-order valence-electron chi connectivity index (χ1n) is 6.61. The van der Waals surface area contributed by atoms with E-state index in [4.69, 9.17) is 10.5 Å². The number of anilines is 1. The molecule has 1 aromatic carbocycles. The van der Waals surface area contributed by atoms with Crippen LogP contribution in [0.2, 0.25) is 0 Å². The van der Waals surface area contributed by atoms with Crippen molar-refractivity contribution in [2.75, 3.05) is 25.4 Å². The fourth-order valence-electron chi connectivity index (χ4n) is 1.71. The highest BCUT2D eigenvalue weighted by Crippen LogP contribution is 2.10.